The maximum absolute atomic E-state index is 13.0. The third-order valence-corrected chi connectivity index (χ3v) is 10.4. The first-order valence-electron chi connectivity index (χ1n) is 12.9. The Kier molecular flexibility index (Phi) is 8.71. The number of aromatic hydroxyl groups is 2. The van der Waals surface area contributed by atoms with Crippen molar-refractivity contribution in [3.8, 4) is 11.5 Å². The minimum Gasteiger partial charge on any atom is -0.507 e. The van der Waals surface area contributed by atoms with Crippen LogP contribution in [0.3, 0.4) is 0 Å². The summed E-state index contributed by atoms with van der Waals surface area (Å²) in [6.45, 7) is 0. The smallest absolute Gasteiger partial charge is 0.297 e. The van der Waals surface area contributed by atoms with Gasteiger partial charge in [0, 0.05) is 16.2 Å². The summed E-state index contributed by atoms with van der Waals surface area (Å²) < 4.78 is 137. The second kappa shape index (κ2) is 12.1. The Balaban J connectivity index is 1.81. The van der Waals surface area contributed by atoms with Gasteiger partial charge in [-0.1, -0.05) is 30.3 Å². The van der Waals surface area contributed by atoms with Crippen LogP contribution < -0.4 is 5.32 Å². The lowest BCUT2D eigenvalue weighted by Crippen LogP contribution is -2.13. The van der Waals surface area contributed by atoms with Crippen LogP contribution in [0.25, 0.3) is 21.5 Å². The van der Waals surface area contributed by atoms with E-state index in [1.807, 2.05) is 0 Å². The van der Waals surface area contributed by atoms with Gasteiger partial charge in [-0.3, -0.25) is 23.0 Å². The maximum Gasteiger partial charge on any atom is 0.297 e. The number of phenols is 2. The first kappa shape index (κ1) is 35.2. The SMILES string of the molecule is O=C(Nc1cc(S(=O)(=O)O)cc2cc(S(=O)(=O)O)c(/N=N/c3ccc4c(S(=O)(=O)O)cccc4c3S(=O)(=O)O)c(O)c12)c1ccccc1O. The fourth-order valence-electron chi connectivity index (χ4n) is 4.82. The second-order valence-electron chi connectivity index (χ2n) is 9.98. The average molecular weight is 754 g/mol. The summed E-state index contributed by atoms with van der Waals surface area (Å²) in [5.74, 6) is -2.80. The first-order chi connectivity index (χ1) is 22.6. The molecule has 7 N–H and O–H groups in total. The Hall–Kier alpha value is -5.07. The lowest BCUT2D eigenvalue weighted by molar-refractivity contribution is 0.102. The number of nitrogens with zero attached hydrogens (tertiary/aromatic N) is 2. The van der Waals surface area contributed by atoms with E-state index in [1.54, 1.807) is 0 Å². The number of nitrogens with one attached hydrogen (secondary N) is 1. The van der Waals surface area contributed by atoms with Gasteiger partial charge in [-0.05, 0) is 47.9 Å². The van der Waals surface area contributed by atoms with E-state index in [9.17, 15) is 66.9 Å². The second-order valence-corrected chi connectivity index (χ2v) is 15.5. The predicted molar refractivity (Wildman–Crippen MR) is 169 cm³/mol. The molecule has 0 atom stereocenters. The molecule has 0 spiro atoms. The quantitative estimate of drug-likeness (QED) is 0.0868. The molecule has 0 saturated heterocycles. The molecule has 0 aliphatic heterocycles. The van der Waals surface area contributed by atoms with Gasteiger partial charge in [0.1, 0.15) is 31.8 Å². The van der Waals surface area contributed by atoms with Gasteiger partial charge in [0.25, 0.3) is 46.4 Å². The topological polar surface area (TPSA) is 312 Å². The highest BCUT2D eigenvalue weighted by Crippen LogP contribution is 2.46. The lowest BCUT2D eigenvalue weighted by atomic mass is 10.1. The van der Waals surface area contributed by atoms with Gasteiger partial charge in [0.05, 0.1) is 16.1 Å². The van der Waals surface area contributed by atoms with Crippen molar-refractivity contribution in [2.24, 2.45) is 10.2 Å². The fourth-order valence-corrected chi connectivity index (χ4v) is 7.56. The Bertz CT molecular complexity index is 2730. The standard InChI is InChI=1S/C27H19N3O15S4/c31-20-6-2-1-4-17(20)27(33)28-19-12-14(46(34,35)36)10-13-11-22(48(40,41)42)24(25(32)23(13)19)30-29-18-9-8-15-16(26(18)49(43,44)45)5-3-7-21(15)47(37,38)39/h1-12,31-32H,(H,28,33)(H,34,35,36)(H,37,38,39)(H,40,41,42)(H,43,44,45)/b30-29+. The number of phenolic OH excluding ortho intramolecular Hbond substituents is 2. The summed E-state index contributed by atoms with van der Waals surface area (Å²) >= 11 is 0. The van der Waals surface area contributed by atoms with Crippen LogP contribution >= 0.6 is 0 Å². The number of benzene rings is 5. The number of anilines is 1. The molecule has 1 amide bonds. The van der Waals surface area contributed by atoms with E-state index >= 15 is 0 Å². The van der Waals surface area contributed by atoms with Gasteiger partial charge < -0.3 is 15.5 Å². The number of hydrogen-bond acceptors (Lipinski definition) is 13. The highest BCUT2D eigenvalue weighted by molar-refractivity contribution is 7.87. The molecule has 5 rings (SSSR count). The van der Waals surface area contributed by atoms with Gasteiger partial charge in [-0.25, -0.2) is 0 Å². The Labute approximate surface area is 276 Å². The summed E-state index contributed by atoms with van der Waals surface area (Å²) in [4.78, 5) is 9.05. The average Bonchev–Trinajstić information content (AvgIpc) is 2.97. The number of rotatable bonds is 8. The lowest BCUT2D eigenvalue weighted by Gasteiger charge is -2.15. The monoisotopic (exact) mass is 753 g/mol. The van der Waals surface area contributed by atoms with E-state index in [0.29, 0.717) is 18.2 Å². The normalized spacial score (nSPS) is 12.9. The van der Waals surface area contributed by atoms with Gasteiger partial charge in [0.2, 0.25) is 0 Å². The van der Waals surface area contributed by atoms with E-state index in [0.717, 1.165) is 36.4 Å². The van der Waals surface area contributed by atoms with Crippen molar-refractivity contribution in [1.29, 1.82) is 0 Å². The zero-order chi connectivity index (χ0) is 36.3. The molecule has 0 radical (unpaired) electrons. The molecule has 0 fully saturated rings. The molecule has 256 valence electrons. The van der Waals surface area contributed by atoms with E-state index in [4.69, 9.17) is 0 Å². The highest BCUT2D eigenvalue weighted by atomic mass is 32.2. The van der Waals surface area contributed by atoms with E-state index < -0.39 is 111 Å². The molecule has 0 aliphatic rings. The van der Waals surface area contributed by atoms with Crippen LogP contribution in [0.2, 0.25) is 0 Å². The van der Waals surface area contributed by atoms with Gasteiger partial charge in [0.15, 0.2) is 5.75 Å². The van der Waals surface area contributed by atoms with Crippen molar-refractivity contribution in [2.45, 2.75) is 19.6 Å². The molecule has 0 aromatic heterocycles. The van der Waals surface area contributed by atoms with Crippen LogP contribution in [0.4, 0.5) is 17.1 Å². The molecule has 5 aromatic rings. The van der Waals surface area contributed by atoms with Crippen LogP contribution in [-0.4, -0.2) is 68.0 Å². The number of carbonyl (C=O) groups is 1. The van der Waals surface area contributed by atoms with Crippen LogP contribution in [-0.2, 0) is 40.5 Å². The van der Waals surface area contributed by atoms with Crippen molar-refractivity contribution < 1.29 is 66.9 Å². The molecule has 49 heavy (non-hydrogen) atoms. The number of azo groups is 1. The Morgan fingerprint density at radius 3 is 1.88 bits per heavy atom. The van der Waals surface area contributed by atoms with E-state index in [1.165, 1.54) is 18.2 Å². The fraction of sp³-hybridized carbons (Fsp3) is 0. The molecule has 0 aliphatic carbocycles. The van der Waals surface area contributed by atoms with Crippen molar-refractivity contribution in [1.82, 2.24) is 0 Å². The summed E-state index contributed by atoms with van der Waals surface area (Å²) in [5.41, 5.74) is -2.82. The van der Waals surface area contributed by atoms with Gasteiger partial charge in [-0.15, -0.1) is 10.2 Å². The van der Waals surface area contributed by atoms with Crippen molar-refractivity contribution >= 4 is 85.0 Å². The molecular weight excluding hydrogens is 735 g/mol. The maximum atomic E-state index is 13.0. The molecule has 0 saturated carbocycles. The third kappa shape index (κ3) is 6.92. The molecule has 5 aromatic carbocycles. The third-order valence-electron chi connectivity index (χ3n) is 6.84. The molecule has 0 unspecified atom stereocenters. The zero-order valence-electron chi connectivity index (χ0n) is 23.8. The molecule has 0 heterocycles. The largest absolute Gasteiger partial charge is 0.507 e. The molecular formula is C27H19N3O15S4. The number of para-hydroxylation sites is 1. The van der Waals surface area contributed by atoms with Crippen LogP contribution in [0, 0.1) is 0 Å². The van der Waals surface area contributed by atoms with Crippen molar-refractivity contribution in [3.63, 3.8) is 0 Å². The minimum atomic E-state index is -5.39. The summed E-state index contributed by atoms with van der Waals surface area (Å²) in [7, 11) is -20.6. The number of hydrogen-bond donors (Lipinski definition) is 7. The summed E-state index contributed by atoms with van der Waals surface area (Å²) in [6, 6.07) is 11.8. The molecule has 0 bridgehead atoms. The molecule has 18 nitrogen and oxygen atoms in total. The highest BCUT2D eigenvalue weighted by Gasteiger charge is 2.28. The van der Waals surface area contributed by atoms with Crippen LogP contribution in [0.1, 0.15) is 10.4 Å². The van der Waals surface area contributed by atoms with Crippen molar-refractivity contribution in [2.75, 3.05) is 5.32 Å². The minimum absolute atomic E-state index is 0.340. The van der Waals surface area contributed by atoms with Gasteiger partial charge in [-0.2, -0.15) is 33.7 Å². The zero-order valence-corrected chi connectivity index (χ0v) is 27.1. The van der Waals surface area contributed by atoms with Crippen molar-refractivity contribution in [3.05, 3.63) is 78.4 Å². The Morgan fingerprint density at radius 2 is 1.29 bits per heavy atom. The predicted octanol–water partition coefficient (Wildman–Crippen LogP) is 4.06. The Morgan fingerprint density at radius 1 is 0.633 bits per heavy atom. The summed E-state index contributed by atoms with van der Waals surface area (Å²) in [6.07, 6.45) is 0. The van der Waals surface area contributed by atoms with Crippen LogP contribution in [0.5, 0.6) is 11.5 Å². The number of amides is 1. The number of carbonyl (C=O) groups excluding carboxylic acids is 1. The molecule has 22 heteroatoms. The van der Waals surface area contributed by atoms with E-state index in [-0.39, 0.29) is 10.9 Å². The summed E-state index contributed by atoms with van der Waals surface area (Å²) in [5, 5.41) is 28.9. The van der Waals surface area contributed by atoms with E-state index in [2.05, 4.69) is 15.5 Å². The first-order valence-corrected chi connectivity index (χ1v) is 18.7. The number of fused-ring (bicyclic) bond motifs is 2. The van der Waals surface area contributed by atoms with Gasteiger partial charge >= 0.3 is 0 Å². The van der Waals surface area contributed by atoms with Crippen LogP contribution in [0.15, 0.2) is 103 Å².